The van der Waals surface area contributed by atoms with Crippen molar-refractivity contribution in [3.8, 4) is 0 Å². The molecule has 2 heterocycles. The second-order valence-electron chi connectivity index (χ2n) is 7.13. The van der Waals surface area contributed by atoms with Crippen LogP contribution < -0.4 is 10.6 Å². The summed E-state index contributed by atoms with van der Waals surface area (Å²) in [5.74, 6) is 0.598. The SMILES string of the molecule is Cc1ccc(CNC(=O)c2ccnc(NCCc3c[nH]c4ccccc34)c2)cc1. The molecule has 2 aromatic heterocycles. The van der Waals surface area contributed by atoms with Gasteiger partial charge in [0.2, 0.25) is 0 Å². The zero-order valence-electron chi connectivity index (χ0n) is 16.4. The van der Waals surface area contributed by atoms with Crippen LogP contribution in [-0.2, 0) is 13.0 Å². The van der Waals surface area contributed by atoms with Crippen molar-refractivity contribution < 1.29 is 4.79 Å². The maximum atomic E-state index is 12.5. The number of para-hydroxylation sites is 1. The summed E-state index contributed by atoms with van der Waals surface area (Å²) in [6.07, 6.45) is 4.58. The number of carbonyl (C=O) groups is 1. The van der Waals surface area contributed by atoms with Gasteiger partial charge in [-0.2, -0.15) is 0 Å². The molecule has 0 spiro atoms. The highest BCUT2D eigenvalue weighted by Gasteiger charge is 2.07. The van der Waals surface area contributed by atoms with E-state index in [1.807, 2.05) is 43.3 Å². The minimum absolute atomic E-state index is 0.104. The largest absolute Gasteiger partial charge is 0.370 e. The summed E-state index contributed by atoms with van der Waals surface area (Å²) in [5.41, 5.74) is 5.29. The van der Waals surface area contributed by atoms with E-state index in [1.54, 1.807) is 18.3 Å². The van der Waals surface area contributed by atoms with Crippen LogP contribution in [0.1, 0.15) is 27.0 Å². The molecule has 29 heavy (non-hydrogen) atoms. The normalized spacial score (nSPS) is 10.8. The summed E-state index contributed by atoms with van der Waals surface area (Å²) in [6.45, 7) is 3.29. The average molecular weight is 384 g/mol. The molecule has 4 aromatic rings. The van der Waals surface area contributed by atoms with Gasteiger partial charge in [-0.3, -0.25) is 4.79 Å². The van der Waals surface area contributed by atoms with Gasteiger partial charge in [0.1, 0.15) is 5.82 Å². The molecular weight excluding hydrogens is 360 g/mol. The molecule has 146 valence electrons. The fraction of sp³-hybridized carbons (Fsp3) is 0.167. The number of hydrogen-bond donors (Lipinski definition) is 3. The van der Waals surface area contributed by atoms with Crippen molar-refractivity contribution in [2.75, 3.05) is 11.9 Å². The van der Waals surface area contributed by atoms with Crippen LogP contribution >= 0.6 is 0 Å². The molecule has 0 aliphatic rings. The molecule has 0 radical (unpaired) electrons. The number of amides is 1. The predicted octanol–water partition coefficient (Wildman–Crippen LogP) is 4.46. The summed E-state index contributed by atoms with van der Waals surface area (Å²) in [4.78, 5) is 20.1. The van der Waals surface area contributed by atoms with Gasteiger partial charge in [-0.25, -0.2) is 4.98 Å². The Balaban J connectivity index is 1.33. The first-order valence-corrected chi connectivity index (χ1v) is 9.78. The summed E-state index contributed by atoms with van der Waals surface area (Å²) in [6, 6.07) is 19.9. The first kappa shape index (κ1) is 18.7. The topological polar surface area (TPSA) is 69.8 Å². The summed E-state index contributed by atoms with van der Waals surface area (Å²) in [7, 11) is 0. The number of carbonyl (C=O) groups excluding carboxylic acids is 1. The van der Waals surface area contributed by atoms with E-state index in [-0.39, 0.29) is 5.91 Å². The van der Waals surface area contributed by atoms with Crippen molar-refractivity contribution >= 4 is 22.6 Å². The maximum Gasteiger partial charge on any atom is 0.251 e. The fourth-order valence-electron chi connectivity index (χ4n) is 3.32. The summed E-state index contributed by atoms with van der Waals surface area (Å²) >= 11 is 0. The van der Waals surface area contributed by atoms with Gasteiger partial charge in [0.15, 0.2) is 0 Å². The number of H-pyrrole nitrogens is 1. The van der Waals surface area contributed by atoms with Crippen LogP contribution in [0.15, 0.2) is 73.1 Å². The van der Waals surface area contributed by atoms with Crippen LogP contribution in [0.25, 0.3) is 10.9 Å². The monoisotopic (exact) mass is 384 g/mol. The molecule has 0 aliphatic carbocycles. The van der Waals surface area contributed by atoms with Gasteiger partial charge in [0.05, 0.1) is 0 Å². The predicted molar refractivity (Wildman–Crippen MR) is 117 cm³/mol. The Morgan fingerprint density at radius 1 is 1.07 bits per heavy atom. The lowest BCUT2D eigenvalue weighted by Crippen LogP contribution is -2.23. The van der Waals surface area contributed by atoms with Gasteiger partial charge >= 0.3 is 0 Å². The van der Waals surface area contributed by atoms with E-state index in [4.69, 9.17) is 0 Å². The van der Waals surface area contributed by atoms with Crippen LogP contribution in [0.3, 0.4) is 0 Å². The zero-order chi connectivity index (χ0) is 20.1. The Kier molecular flexibility index (Phi) is 5.56. The molecule has 5 nitrogen and oxygen atoms in total. The second kappa shape index (κ2) is 8.61. The molecule has 0 saturated heterocycles. The molecule has 0 aliphatic heterocycles. The number of hydrogen-bond acceptors (Lipinski definition) is 3. The van der Waals surface area contributed by atoms with Crippen molar-refractivity contribution in [2.24, 2.45) is 0 Å². The minimum atomic E-state index is -0.104. The molecule has 0 saturated carbocycles. The smallest absolute Gasteiger partial charge is 0.251 e. The van der Waals surface area contributed by atoms with Crippen molar-refractivity contribution in [3.63, 3.8) is 0 Å². The summed E-state index contributed by atoms with van der Waals surface area (Å²) in [5, 5.41) is 7.52. The number of rotatable bonds is 7. The second-order valence-corrected chi connectivity index (χ2v) is 7.13. The first-order chi connectivity index (χ1) is 14.2. The molecule has 3 N–H and O–H groups in total. The Morgan fingerprint density at radius 2 is 1.90 bits per heavy atom. The molecule has 2 aromatic carbocycles. The van der Waals surface area contributed by atoms with Gasteiger partial charge in [0, 0.05) is 41.9 Å². The van der Waals surface area contributed by atoms with E-state index >= 15 is 0 Å². The Hall–Kier alpha value is -3.60. The van der Waals surface area contributed by atoms with E-state index < -0.39 is 0 Å². The van der Waals surface area contributed by atoms with Gasteiger partial charge < -0.3 is 15.6 Å². The van der Waals surface area contributed by atoms with Crippen LogP contribution in [0.5, 0.6) is 0 Å². The van der Waals surface area contributed by atoms with Gasteiger partial charge in [-0.05, 0) is 42.7 Å². The van der Waals surface area contributed by atoms with Crippen LogP contribution in [-0.4, -0.2) is 22.4 Å². The van der Waals surface area contributed by atoms with Gasteiger partial charge in [0.25, 0.3) is 5.91 Å². The van der Waals surface area contributed by atoms with Crippen LogP contribution in [0, 0.1) is 6.92 Å². The molecule has 0 unspecified atom stereocenters. The minimum Gasteiger partial charge on any atom is -0.370 e. The van der Waals surface area contributed by atoms with Crippen molar-refractivity contribution in [1.82, 2.24) is 15.3 Å². The number of nitrogens with zero attached hydrogens (tertiary/aromatic N) is 1. The number of aromatic nitrogens is 2. The highest BCUT2D eigenvalue weighted by molar-refractivity contribution is 5.94. The third-order valence-corrected chi connectivity index (χ3v) is 4.97. The van der Waals surface area contributed by atoms with E-state index in [9.17, 15) is 4.79 Å². The van der Waals surface area contributed by atoms with Gasteiger partial charge in [-0.1, -0.05) is 48.0 Å². The maximum absolute atomic E-state index is 12.5. The molecule has 4 rings (SSSR count). The third-order valence-electron chi connectivity index (χ3n) is 4.97. The number of aromatic amines is 1. The van der Waals surface area contributed by atoms with Crippen LogP contribution in [0.4, 0.5) is 5.82 Å². The molecule has 0 fully saturated rings. The number of aryl methyl sites for hydroxylation is 1. The molecule has 0 atom stereocenters. The Morgan fingerprint density at radius 3 is 2.76 bits per heavy atom. The Bertz CT molecular complexity index is 1120. The zero-order valence-corrected chi connectivity index (χ0v) is 16.4. The number of nitrogens with one attached hydrogen (secondary N) is 3. The van der Waals surface area contributed by atoms with E-state index in [2.05, 4.69) is 38.9 Å². The lowest BCUT2D eigenvalue weighted by Gasteiger charge is -2.09. The quantitative estimate of drug-likeness (QED) is 0.441. The number of benzene rings is 2. The molecule has 1 amide bonds. The molecule has 5 heteroatoms. The van der Waals surface area contributed by atoms with Crippen molar-refractivity contribution in [2.45, 2.75) is 19.9 Å². The Labute approximate surface area is 170 Å². The fourth-order valence-corrected chi connectivity index (χ4v) is 3.32. The molecule has 0 bridgehead atoms. The van der Waals surface area contributed by atoms with E-state index in [0.717, 1.165) is 24.0 Å². The standard InChI is InChI=1S/C24H24N4O/c1-17-6-8-18(9-7-17)15-28-24(29)19-10-12-25-23(14-19)26-13-11-20-16-27-22-5-3-2-4-21(20)22/h2-10,12,14,16,27H,11,13,15H2,1H3,(H,25,26)(H,28,29). The number of fused-ring (bicyclic) bond motifs is 1. The lowest BCUT2D eigenvalue weighted by molar-refractivity contribution is 0.0951. The van der Waals surface area contributed by atoms with Crippen LogP contribution in [0.2, 0.25) is 0 Å². The third kappa shape index (κ3) is 4.63. The summed E-state index contributed by atoms with van der Waals surface area (Å²) < 4.78 is 0. The average Bonchev–Trinajstić information content (AvgIpc) is 3.16. The lowest BCUT2D eigenvalue weighted by atomic mass is 10.1. The van der Waals surface area contributed by atoms with E-state index in [1.165, 1.54) is 16.5 Å². The first-order valence-electron chi connectivity index (χ1n) is 9.78. The van der Waals surface area contributed by atoms with Crippen molar-refractivity contribution in [1.29, 1.82) is 0 Å². The van der Waals surface area contributed by atoms with Gasteiger partial charge in [-0.15, -0.1) is 0 Å². The highest BCUT2D eigenvalue weighted by atomic mass is 16.1. The molecular formula is C24H24N4O. The van der Waals surface area contributed by atoms with E-state index in [0.29, 0.717) is 17.9 Å². The highest BCUT2D eigenvalue weighted by Crippen LogP contribution is 2.18. The van der Waals surface area contributed by atoms with Crippen molar-refractivity contribution in [3.05, 3.63) is 95.3 Å². The number of pyridine rings is 1. The number of anilines is 1.